The fourth-order valence-corrected chi connectivity index (χ4v) is 31.9. The van der Waals surface area contributed by atoms with Gasteiger partial charge in [0.25, 0.3) is 0 Å². The number of rotatable bonds is 5. The number of allylic oxidation sites excluding steroid dienone is 5. The summed E-state index contributed by atoms with van der Waals surface area (Å²) in [5.41, 5.74) is 16.4. The molecule has 0 nitrogen and oxygen atoms in total. The van der Waals surface area contributed by atoms with E-state index < -0.39 is 17.4 Å². The number of fused-ring (bicyclic) bond motifs is 3. The first-order valence-corrected chi connectivity index (χ1v) is 31.8. The van der Waals surface area contributed by atoms with Gasteiger partial charge in [-0.1, -0.05) is 0 Å². The van der Waals surface area contributed by atoms with Crippen LogP contribution >= 0.6 is 36.6 Å². The summed E-state index contributed by atoms with van der Waals surface area (Å²) < 4.78 is 7.79. The van der Waals surface area contributed by atoms with E-state index >= 15 is 0 Å². The van der Waals surface area contributed by atoms with Crippen molar-refractivity contribution >= 4 is 65.9 Å². The Morgan fingerprint density at radius 1 is 0.796 bits per heavy atom. The summed E-state index contributed by atoms with van der Waals surface area (Å²) in [6.45, 7) is 21.4. The standard InChI is InChI=1S/C21H19S.C21H23.2CH3.2ClH.H2Si.Zr/c1-13(2)16-11-19-20(12-16)22-14(3)21(19)18-10-6-8-15-7-4-5-9-17(15)18;1-14-12-19-15(2)6-11-18(20(19)13-14)16-7-9-17(10-8-16)21(3,4)5;;;;;;/h4-11,13-14H,1-3H3;6-13H,1-5H3;2*1H3;2*1H;1H2;. The van der Waals surface area contributed by atoms with Crippen molar-refractivity contribution < 1.29 is 17.4 Å². The molecule has 0 saturated carbocycles. The van der Waals surface area contributed by atoms with E-state index in [1.165, 1.54) is 55.3 Å². The van der Waals surface area contributed by atoms with E-state index in [0.29, 0.717) is 14.8 Å². The van der Waals surface area contributed by atoms with E-state index in [0.717, 1.165) is 0 Å². The van der Waals surface area contributed by atoms with Gasteiger partial charge in [0.15, 0.2) is 0 Å². The molecule has 49 heavy (non-hydrogen) atoms. The van der Waals surface area contributed by atoms with E-state index in [4.69, 9.17) is 0 Å². The average Bonchev–Trinajstić information content (AvgIpc) is 3.66. The van der Waals surface area contributed by atoms with Crippen molar-refractivity contribution in [2.75, 3.05) is 0 Å². The zero-order valence-electron chi connectivity index (χ0n) is 30.8. The van der Waals surface area contributed by atoms with E-state index in [-0.39, 0.29) is 30.2 Å². The molecule has 2 atom stereocenters. The van der Waals surface area contributed by atoms with E-state index in [1.54, 1.807) is 24.9 Å². The van der Waals surface area contributed by atoms with Crippen molar-refractivity contribution in [2.24, 2.45) is 5.92 Å². The summed E-state index contributed by atoms with van der Waals surface area (Å²) in [5, 5.41) is 3.13. The summed E-state index contributed by atoms with van der Waals surface area (Å²) in [4.78, 5) is 1.60. The third-order valence-electron chi connectivity index (χ3n) is 11.2. The fraction of sp³-hybridized carbons (Fsp3) is 0.318. The number of benzene rings is 4. The van der Waals surface area contributed by atoms with E-state index in [2.05, 4.69) is 174 Å². The molecule has 5 heteroatoms. The van der Waals surface area contributed by atoms with Gasteiger partial charge in [-0.2, -0.15) is 0 Å². The summed E-state index contributed by atoms with van der Waals surface area (Å²) in [5.74, 6) is 0.483. The van der Waals surface area contributed by atoms with E-state index in [9.17, 15) is 0 Å². The molecule has 4 aromatic rings. The van der Waals surface area contributed by atoms with Gasteiger partial charge in [-0.15, -0.1) is 24.8 Å². The first kappa shape index (κ1) is 38.4. The maximum absolute atomic E-state index is 3.78. The van der Waals surface area contributed by atoms with Crippen LogP contribution < -0.4 is 0 Å². The number of hydrogen-bond acceptors (Lipinski definition) is 1. The second-order valence-electron chi connectivity index (χ2n) is 16.8. The van der Waals surface area contributed by atoms with Gasteiger partial charge in [-0.25, -0.2) is 0 Å². The zero-order valence-corrected chi connectivity index (χ0v) is 37.1. The Labute approximate surface area is 314 Å². The van der Waals surface area contributed by atoms with Crippen molar-refractivity contribution in [3.8, 4) is 11.1 Å². The van der Waals surface area contributed by atoms with Gasteiger partial charge in [-0.3, -0.25) is 0 Å². The van der Waals surface area contributed by atoms with Gasteiger partial charge in [0.05, 0.1) is 0 Å². The Bertz CT molecular complexity index is 2180. The second-order valence-corrected chi connectivity index (χ2v) is 47.5. The molecular formula is C44H52Cl2SSiZr. The Morgan fingerprint density at radius 3 is 2.10 bits per heavy atom. The molecule has 0 radical (unpaired) electrons. The van der Waals surface area contributed by atoms with Crippen LogP contribution in [0.1, 0.15) is 79.9 Å². The molecule has 1 heterocycles. The van der Waals surface area contributed by atoms with Crippen molar-refractivity contribution in [3.63, 3.8) is 0 Å². The Kier molecular flexibility index (Phi) is 10.4. The van der Waals surface area contributed by atoms with Gasteiger partial charge in [0.1, 0.15) is 0 Å². The molecule has 0 amide bonds. The van der Waals surface area contributed by atoms with Gasteiger partial charge in [0.2, 0.25) is 0 Å². The SMILES string of the molecule is CC1=Cc2c(-c3ccc(C(C)(C)C)cc3)ccc(C)c2[CH]1[Zr]([CH3])([CH3])(=[SiH2])[C]1=C2SC(C)C(c3cccc4ccccc34)=C2C=C1C(C)C.Cl.Cl. The zero-order chi connectivity index (χ0) is 33.7. The molecule has 2 unspecified atom stereocenters. The van der Waals surface area contributed by atoms with Crippen molar-refractivity contribution in [1.82, 2.24) is 0 Å². The van der Waals surface area contributed by atoms with Crippen molar-refractivity contribution in [1.29, 1.82) is 0 Å². The molecule has 0 fully saturated rings. The molecule has 0 saturated heterocycles. The Balaban J connectivity index is 0.00000234. The van der Waals surface area contributed by atoms with Crippen molar-refractivity contribution in [2.45, 2.75) is 78.9 Å². The maximum atomic E-state index is 2.77. The maximum Gasteiger partial charge on any atom is -0.147 e. The topological polar surface area (TPSA) is 0 Å². The molecule has 1 aliphatic heterocycles. The second kappa shape index (κ2) is 13.3. The van der Waals surface area contributed by atoms with Crippen LogP contribution in [-0.4, -0.2) is 12.1 Å². The number of hydrogen-bond donors (Lipinski definition) is 0. The predicted octanol–water partition coefficient (Wildman–Crippen LogP) is 13.1. The minimum absolute atomic E-state index is 0. The minimum atomic E-state index is -3.78. The molecule has 256 valence electrons. The van der Waals surface area contributed by atoms with Crippen LogP contribution in [0.15, 0.2) is 110 Å². The number of aryl methyl sites for hydroxylation is 1. The van der Waals surface area contributed by atoms with Crippen LogP contribution in [0.3, 0.4) is 0 Å². The molecule has 2 aliphatic carbocycles. The summed E-state index contributed by atoms with van der Waals surface area (Å²) in [6.07, 6.45) is 5.20. The van der Waals surface area contributed by atoms with Gasteiger partial charge in [0, 0.05) is 0 Å². The molecule has 0 N–H and O–H groups in total. The van der Waals surface area contributed by atoms with Crippen LogP contribution in [0.2, 0.25) is 9.26 Å². The largest absolute Gasteiger partial charge is 0.147 e. The predicted molar refractivity (Wildman–Crippen MR) is 224 cm³/mol. The summed E-state index contributed by atoms with van der Waals surface area (Å²) >= 11 is -1.64. The Hall–Kier alpha value is -1.87. The van der Waals surface area contributed by atoms with Crippen LogP contribution in [-0.2, 0) is 22.8 Å². The van der Waals surface area contributed by atoms with Gasteiger partial charge in [-0.05, 0) is 0 Å². The summed E-state index contributed by atoms with van der Waals surface area (Å²) in [7, 11) is 0. The van der Waals surface area contributed by atoms with Crippen LogP contribution in [0.5, 0.6) is 0 Å². The molecule has 0 spiro atoms. The average molecular weight is 803 g/mol. The number of thioether (sulfide) groups is 1. The molecule has 0 bridgehead atoms. The van der Waals surface area contributed by atoms with E-state index in [1.807, 2.05) is 0 Å². The monoisotopic (exact) mass is 800 g/mol. The quantitative estimate of drug-likeness (QED) is 0.181. The first-order chi connectivity index (χ1) is 22.1. The minimum Gasteiger partial charge on any atom is -0.147 e. The van der Waals surface area contributed by atoms with Crippen LogP contribution in [0.25, 0.3) is 33.5 Å². The van der Waals surface area contributed by atoms with Crippen LogP contribution in [0.4, 0.5) is 0 Å². The van der Waals surface area contributed by atoms with Crippen molar-refractivity contribution in [3.05, 3.63) is 138 Å². The third kappa shape index (κ3) is 6.23. The molecule has 3 aliphatic rings. The summed E-state index contributed by atoms with van der Waals surface area (Å²) in [6, 6.07) is 29.9. The molecular weight excluding hydrogens is 751 g/mol. The molecule has 4 aromatic carbocycles. The number of halogens is 2. The Morgan fingerprint density at radius 2 is 1.45 bits per heavy atom. The van der Waals surface area contributed by atoms with Gasteiger partial charge < -0.3 is 0 Å². The third-order valence-corrected chi connectivity index (χ3v) is 29.1. The normalized spacial score (nSPS) is 19.1. The van der Waals surface area contributed by atoms with Crippen LogP contribution in [0, 0.1) is 12.8 Å². The van der Waals surface area contributed by atoms with Gasteiger partial charge >= 0.3 is 292 Å². The molecule has 0 aromatic heterocycles. The molecule has 7 rings (SSSR count). The first-order valence-electron chi connectivity index (χ1n) is 17.4. The fourth-order valence-electron chi connectivity index (χ4n) is 9.02. The smallest absolute Gasteiger partial charge is 0.147 e.